The van der Waals surface area contributed by atoms with Gasteiger partial charge in [0.15, 0.2) is 0 Å². The van der Waals surface area contributed by atoms with Crippen molar-refractivity contribution in [3.8, 4) is 35.5 Å². The molecule has 0 atom stereocenters. The molecule has 172 valence electrons. The molecule has 0 aromatic carbocycles. The molecule has 1 rings (SSSR count). The minimum absolute atomic E-state index is 0.267. The third kappa shape index (κ3) is 17.4. The van der Waals surface area contributed by atoms with Crippen molar-refractivity contribution >= 4 is 5.91 Å². The van der Waals surface area contributed by atoms with E-state index in [0.29, 0.717) is 25.7 Å². The first kappa shape index (κ1) is 27.1. The Labute approximate surface area is 190 Å². The molecule has 0 unspecified atom stereocenters. The zero-order chi connectivity index (χ0) is 22.4. The van der Waals surface area contributed by atoms with Crippen molar-refractivity contribution in [2.45, 2.75) is 77.0 Å². The van der Waals surface area contributed by atoms with E-state index >= 15 is 0 Å². The van der Waals surface area contributed by atoms with Gasteiger partial charge in [-0.2, -0.15) is 0 Å². The zero-order valence-corrected chi connectivity index (χ0v) is 19.3. The van der Waals surface area contributed by atoms with Gasteiger partial charge in [0.1, 0.15) is 0 Å². The summed E-state index contributed by atoms with van der Waals surface area (Å²) in [5.74, 6) is 18.1. The second kappa shape index (κ2) is 20.0. The van der Waals surface area contributed by atoms with Gasteiger partial charge in [0.2, 0.25) is 5.91 Å². The maximum atomic E-state index is 10.6. The summed E-state index contributed by atoms with van der Waals surface area (Å²) in [6.45, 7) is 6.81. The molecule has 1 aliphatic rings. The monoisotopic (exact) mass is 427 g/mol. The van der Waals surface area contributed by atoms with Crippen molar-refractivity contribution in [2.24, 2.45) is 5.73 Å². The lowest BCUT2D eigenvalue weighted by atomic mass is 10.1. The molecular weight excluding hydrogens is 386 g/mol. The Balaban J connectivity index is 1.86. The third-order valence-electron chi connectivity index (χ3n) is 5.36. The second-order valence-corrected chi connectivity index (χ2v) is 8.01. The van der Waals surface area contributed by atoms with Crippen LogP contribution in [0.25, 0.3) is 0 Å². The lowest BCUT2D eigenvalue weighted by Gasteiger charge is -2.34. The van der Waals surface area contributed by atoms with E-state index in [4.69, 9.17) is 10.8 Å². The van der Waals surface area contributed by atoms with Gasteiger partial charge < -0.3 is 15.7 Å². The molecule has 5 nitrogen and oxygen atoms in total. The first-order valence-electron chi connectivity index (χ1n) is 11.9. The number of aliphatic hydroxyl groups is 1. The molecule has 1 fully saturated rings. The average Bonchev–Trinajstić information content (AvgIpc) is 2.76. The summed E-state index contributed by atoms with van der Waals surface area (Å²) >= 11 is 0. The number of rotatable bonds is 13. The predicted octanol–water partition coefficient (Wildman–Crippen LogP) is 2.77. The normalized spacial score (nSPS) is 14.0. The molecule has 1 saturated heterocycles. The van der Waals surface area contributed by atoms with Gasteiger partial charge >= 0.3 is 0 Å². The van der Waals surface area contributed by atoms with Gasteiger partial charge in [0, 0.05) is 52.0 Å². The summed E-state index contributed by atoms with van der Waals surface area (Å²) in [7, 11) is 0. The maximum absolute atomic E-state index is 10.6. The Bertz CT molecular complexity index is 649. The van der Waals surface area contributed by atoms with Crippen LogP contribution in [0, 0.1) is 35.5 Å². The van der Waals surface area contributed by atoms with Crippen LogP contribution in [0.1, 0.15) is 77.0 Å². The highest BCUT2D eigenvalue weighted by atomic mass is 16.3. The van der Waals surface area contributed by atoms with Crippen LogP contribution in [0.5, 0.6) is 0 Å². The molecular formula is C26H41N3O2. The number of β-amino-alcohol motifs (C(OH)–C–C–N with tert-alkyl or cyclic N) is 1. The van der Waals surface area contributed by atoms with E-state index in [1.54, 1.807) is 0 Å². The van der Waals surface area contributed by atoms with Crippen LogP contribution in [0.4, 0.5) is 0 Å². The van der Waals surface area contributed by atoms with E-state index in [-0.39, 0.29) is 12.5 Å². The molecule has 1 aliphatic heterocycles. The molecule has 31 heavy (non-hydrogen) atoms. The Morgan fingerprint density at radius 3 is 1.74 bits per heavy atom. The fourth-order valence-corrected chi connectivity index (χ4v) is 3.50. The molecule has 0 aromatic heterocycles. The van der Waals surface area contributed by atoms with Gasteiger partial charge in [-0.1, -0.05) is 49.4 Å². The lowest BCUT2D eigenvalue weighted by molar-refractivity contribution is -0.118. The van der Waals surface area contributed by atoms with E-state index in [2.05, 4.69) is 45.3 Å². The summed E-state index contributed by atoms with van der Waals surface area (Å²) in [5, 5.41) is 8.99. The smallest absolute Gasteiger partial charge is 0.217 e. The van der Waals surface area contributed by atoms with Crippen LogP contribution < -0.4 is 5.73 Å². The maximum Gasteiger partial charge on any atom is 0.217 e. The Morgan fingerprint density at radius 2 is 1.16 bits per heavy atom. The summed E-state index contributed by atoms with van der Waals surface area (Å²) in [6.07, 6.45) is 11.7. The highest BCUT2D eigenvalue weighted by molar-refractivity contribution is 5.73. The van der Waals surface area contributed by atoms with E-state index in [1.165, 1.54) is 45.1 Å². The zero-order valence-electron chi connectivity index (χ0n) is 19.3. The van der Waals surface area contributed by atoms with Crippen LogP contribution in [0.15, 0.2) is 0 Å². The van der Waals surface area contributed by atoms with Crippen LogP contribution >= 0.6 is 0 Å². The molecule has 0 spiro atoms. The highest BCUT2D eigenvalue weighted by Gasteiger charge is 2.15. The first-order chi connectivity index (χ1) is 15.2. The fourth-order valence-electron chi connectivity index (χ4n) is 3.50. The standard InChI is InChI=1S/C26H41N3O2/c27-26(31)18-16-14-12-10-8-6-4-2-1-3-5-7-9-11-13-15-17-19-28-20-22-29(23-21-28)24-25-30/h30H,2,5,7-9,11,13-25H2,(H2,27,31). The molecule has 3 N–H and O–H groups in total. The summed E-state index contributed by atoms with van der Waals surface area (Å²) in [5.41, 5.74) is 5.07. The van der Waals surface area contributed by atoms with Crippen molar-refractivity contribution in [1.29, 1.82) is 0 Å². The van der Waals surface area contributed by atoms with E-state index in [9.17, 15) is 4.79 Å². The van der Waals surface area contributed by atoms with Crippen molar-refractivity contribution in [1.82, 2.24) is 9.80 Å². The average molecular weight is 428 g/mol. The summed E-state index contributed by atoms with van der Waals surface area (Å²) in [6, 6.07) is 0. The number of carbonyl (C=O) groups excluding carboxylic acids is 1. The molecule has 5 heteroatoms. The van der Waals surface area contributed by atoms with Crippen molar-refractivity contribution in [2.75, 3.05) is 45.9 Å². The van der Waals surface area contributed by atoms with Crippen LogP contribution in [-0.4, -0.2) is 66.7 Å². The topological polar surface area (TPSA) is 69.8 Å². The number of hydrogen-bond donors (Lipinski definition) is 2. The molecule has 0 aliphatic carbocycles. The fraction of sp³-hybridized carbons (Fsp3) is 0.731. The van der Waals surface area contributed by atoms with Crippen molar-refractivity contribution in [3.63, 3.8) is 0 Å². The van der Waals surface area contributed by atoms with Gasteiger partial charge in [-0.3, -0.25) is 9.69 Å². The van der Waals surface area contributed by atoms with E-state index < -0.39 is 0 Å². The molecule has 1 heterocycles. The van der Waals surface area contributed by atoms with E-state index in [0.717, 1.165) is 45.6 Å². The Kier molecular flexibility index (Phi) is 17.4. The largest absolute Gasteiger partial charge is 0.395 e. The molecule has 0 bridgehead atoms. The van der Waals surface area contributed by atoms with Gasteiger partial charge in [0.05, 0.1) is 19.4 Å². The van der Waals surface area contributed by atoms with Crippen LogP contribution in [-0.2, 0) is 4.79 Å². The third-order valence-corrected chi connectivity index (χ3v) is 5.36. The van der Waals surface area contributed by atoms with Gasteiger partial charge in [-0.05, 0) is 25.8 Å². The minimum Gasteiger partial charge on any atom is -0.395 e. The summed E-state index contributed by atoms with van der Waals surface area (Å²) < 4.78 is 0. The number of nitrogens with two attached hydrogens (primary N) is 1. The Morgan fingerprint density at radius 1 is 0.677 bits per heavy atom. The second-order valence-electron chi connectivity index (χ2n) is 8.01. The number of amides is 1. The van der Waals surface area contributed by atoms with Crippen molar-refractivity contribution in [3.05, 3.63) is 0 Å². The van der Waals surface area contributed by atoms with Crippen LogP contribution in [0.3, 0.4) is 0 Å². The number of primary amides is 1. The molecule has 1 amide bonds. The number of aliphatic hydroxyl groups excluding tert-OH is 1. The predicted molar refractivity (Wildman–Crippen MR) is 128 cm³/mol. The van der Waals surface area contributed by atoms with Crippen LogP contribution in [0.2, 0.25) is 0 Å². The number of unbranched alkanes of at least 4 members (excludes halogenated alkanes) is 7. The van der Waals surface area contributed by atoms with Gasteiger partial charge in [0.25, 0.3) is 0 Å². The van der Waals surface area contributed by atoms with Gasteiger partial charge in [-0.25, -0.2) is 0 Å². The number of piperazine rings is 1. The SMILES string of the molecule is NC(=O)CCCC#CCC#CCC#CCCCCCCCCN1CCN(CCO)CC1. The Hall–Kier alpha value is -1.97. The molecule has 0 aromatic rings. The lowest BCUT2D eigenvalue weighted by Crippen LogP contribution is -2.47. The molecule has 0 saturated carbocycles. The van der Waals surface area contributed by atoms with Gasteiger partial charge in [-0.15, -0.1) is 11.8 Å². The number of hydrogen-bond acceptors (Lipinski definition) is 4. The van der Waals surface area contributed by atoms with Crippen molar-refractivity contribution < 1.29 is 9.90 Å². The number of carbonyl (C=O) groups is 1. The van der Waals surface area contributed by atoms with E-state index in [1.807, 2.05) is 0 Å². The summed E-state index contributed by atoms with van der Waals surface area (Å²) in [4.78, 5) is 15.5. The minimum atomic E-state index is -0.267. The first-order valence-corrected chi connectivity index (χ1v) is 11.9. The quantitative estimate of drug-likeness (QED) is 0.350. The highest BCUT2D eigenvalue weighted by Crippen LogP contribution is 2.09. The molecule has 0 radical (unpaired) electrons. The number of nitrogens with zero attached hydrogens (tertiary/aromatic N) is 2.